The zero-order valence-corrected chi connectivity index (χ0v) is 15.9. The van der Waals surface area contributed by atoms with Crippen LogP contribution in [-0.2, 0) is 30.4 Å². The van der Waals surface area contributed by atoms with Gasteiger partial charge in [-0.1, -0.05) is 28.9 Å². The van der Waals surface area contributed by atoms with Crippen LogP contribution in [0.4, 0.5) is 13.2 Å². The maximum atomic E-state index is 12.6. The molecule has 3 heterocycles. The number of aromatic nitrogens is 2. The Morgan fingerprint density at radius 2 is 2.04 bits per heavy atom. The lowest BCUT2D eigenvalue weighted by molar-refractivity contribution is -0.159. The Hall–Kier alpha value is -2.39. The molecule has 1 amide bonds. The lowest BCUT2D eigenvalue weighted by Crippen LogP contribution is -2.36. The van der Waals surface area contributed by atoms with Crippen molar-refractivity contribution in [1.29, 1.82) is 0 Å². The Balaban J connectivity index is 1.48. The molecule has 1 aliphatic heterocycles. The van der Waals surface area contributed by atoms with Gasteiger partial charge in [0.15, 0.2) is 0 Å². The third kappa shape index (κ3) is 3.90. The Labute approximate surface area is 166 Å². The standard InChI is InChI=1S/C18H13ClF3N3O2S/c19-12-3-1-10(2-4-12)7-15(26)25-6-5-13-11(9-25)8-14(28-13)16-23-17(27-24-16)18(20,21)22/h1-4,8H,5-7,9H2. The van der Waals surface area contributed by atoms with Crippen molar-refractivity contribution in [1.82, 2.24) is 15.0 Å². The van der Waals surface area contributed by atoms with Crippen LogP contribution in [-0.4, -0.2) is 27.5 Å². The van der Waals surface area contributed by atoms with Crippen LogP contribution in [0.3, 0.4) is 0 Å². The second kappa shape index (κ2) is 7.21. The summed E-state index contributed by atoms with van der Waals surface area (Å²) in [7, 11) is 0. The fourth-order valence-electron chi connectivity index (χ4n) is 2.98. The predicted octanol–water partition coefficient (Wildman–Crippen LogP) is 4.60. The molecule has 10 heteroatoms. The number of carbonyl (C=O) groups excluding carboxylic acids is 1. The van der Waals surface area contributed by atoms with Crippen LogP contribution in [0.25, 0.3) is 10.7 Å². The maximum absolute atomic E-state index is 12.6. The maximum Gasteiger partial charge on any atom is 0.471 e. The first kappa shape index (κ1) is 18.9. The molecule has 0 aliphatic carbocycles. The topological polar surface area (TPSA) is 59.2 Å². The summed E-state index contributed by atoms with van der Waals surface area (Å²) in [5.74, 6) is -1.47. The van der Waals surface area contributed by atoms with Gasteiger partial charge in [-0.15, -0.1) is 11.3 Å². The normalized spacial score (nSPS) is 14.2. The number of hydrogen-bond donors (Lipinski definition) is 0. The largest absolute Gasteiger partial charge is 0.471 e. The Morgan fingerprint density at radius 3 is 2.71 bits per heavy atom. The Morgan fingerprint density at radius 1 is 1.29 bits per heavy atom. The van der Waals surface area contributed by atoms with E-state index in [1.54, 1.807) is 23.1 Å². The van der Waals surface area contributed by atoms with E-state index < -0.39 is 12.1 Å². The monoisotopic (exact) mass is 427 g/mol. The fourth-order valence-corrected chi connectivity index (χ4v) is 4.20. The smallest absolute Gasteiger partial charge is 0.338 e. The summed E-state index contributed by atoms with van der Waals surface area (Å²) >= 11 is 7.19. The summed E-state index contributed by atoms with van der Waals surface area (Å²) in [5.41, 5.74) is 1.77. The molecule has 28 heavy (non-hydrogen) atoms. The number of carbonyl (C=O) groups is 1. The van der Waals surface area contributed by atoms with Crippen molar-refractivity contribution < 1.29 is 22.5 Å². The van der Waals surface area contributed by atoms with Gasteiger partial charge in [0.05, 0.1) is 11.3 Å². The first-order chi connectivity index (χ1) is 13.3. The Bertz CT molecular complexity index is 1010. The molecule has 0 unspecified atom stereocenters. The molecule has 0 fully saturated rings. The molecule has 1 aromatic carbocycles. The third-order valence-corrected chi connectivity index (χ3v) is 5.86. The van der Waals surface area contributed by atoms with Crippen molar-refractivity contribution in [3.63, 3.8) is 0 Å². The van der Waals surface area contributed by atoms with E-state index in [2.05, 4.69) is 14.7 Å². The molecule has 0 spiro atoms. The van der Waals surface area contributed by atoms with Crippen molar-refractivity contribution in [2.24, 2.45) is 0 Å². The van der Waals surface area contributed by atoms with Crippen LogP contribution in [0, 0.1) is 0 Å². The van der Waals surface area contributed by atoms with Gasteiger partial charge in [-0.05, 0) is 35.7 Å². The van der Waals surface area contributed by atoms with E-state index in [-0.39, 0.29) is 18.2 Å². The zero-order valence-electron chi connectivity index (χ0n) is 14.3. The molecule has 0 bridgehead atoms. The van der Waals surface area contributed by atoms with Crippen LogP contribution in [0.1, 0.15) is 21.9 Å². The average molecular weight is 428 g/mol. The molecular weight excluding hydrogens is 415 g/mol. The number of benzene rings is 1. The molecule has 2 aromatic heterocycles. The second-order valence-corrected chi connectivity index (χ2v) is 7.92. The highest BCUT2D eigenvalue weighted by atomic mass is 35.5. The van der Waals surface area contributed by atoms with E-state index in [1.807, 2.05) is 12.1 Å². The molecule has 0 saturated carbocycles. The highest BCUT2D eigenvalue weighted by Crippen LogP contribution is 2.35. The van der Waals surface area contributed by atoms with E-state index >= 15 is 0 Å². The van der Waals surface area contributed by atoms with Crippen molar-refractivity contribution in [3.05, 3.63) is 57.2 Å². The molecular formula is C18H13ClF3N3O2S. The van der Waals surface area contributed by atoms with Crippen molar-refractivity contribution >= 4 is 28.8 Å². The number of rotatable bonds is 3. The van der Waals surface area contributed by atoms with Gasteiger partial charge in [-0.3, -0.25) is 4.79 Å². The van der Waals surface area contributed by atoms with E-state index in [1.165, 1.54) is 11.3 Å². The van der Waals surface area contributed by atoms with E-state index in [9.17, 15) is 18.0 Å². The lowest BCUT2D eigenvalue weighted by Gasteiger charge is -2.27. The lowest BCUT2D eigenvalue weighted by atomic mass is 10.1. The van der Waals surface area contributed by atoms with Crippen molar-refractivity contribution in [2.75, 3.05) is 6.54 Å². The van der Waals surface area contributed by atoms with Crippen LogP contribution < -0.4 is 0 Å². The molecule has 0 saturated heterocycles. The van der Waals surface area contributed by atoms with Gasteiger partial charge in [0.25, 0.3) is 0 Å². The van der Waals surface area contributed by atoms with E-state index in [4.69, 9.17) is 11.6 Å². The highest BCUT2D eigenvalue weighted by molar-refractivity contribution is 7.15. The number of amides is 1. The quantitative estimate of drug-likeness (QED) is 0.613. The highest BCUT2D eigenvalue weighted by Gasteiger charge is 2.38. The molecule has 0 atom stereocenters. The number of thiophene rings is 1. The molecule has 4 rings (SSSR count). The number of nitrogens with zero attached hydrogens (tertiary/aromatic N) is 3. The van der Waals surface area contributed by atoms with Gasteiger partial charge in [0, 0.05) is 23.0 Å². The summed E-state index contributed by atoms with van der Waals surface area (Å²) in [6.07, 6.45) is -3.77. The number of alkyl halides is 3. The van der Waals surface area contributed by atoms with E-state index in [0.717, 1.165) is 16.0 Å². The van der Waals surface area contributed by atoms with Crippen LogP contribution in [0.2, 0.25) is 5.02 Å². The minimum absolute atomic E-state index is 0.0142. The summed E-state index contributed by atoms with van der Waals surface area (Å²) < 4.78 is 42.2. The van der Waals surface area contributed by atoms with Gasteiger partial charge in [-0.2, -0.15) is 18.2 Å². The Kier molecular flexibility index (Phi) is 4.88. The number of fused-ring (bicyclic) bond motifs is 1. The molecule has 0 radical (unpaired) electrons. The minimum atomic E-state index is -4.67. The van der Waals surface area contributed by atoms with E-state index in [0.29, 0.717) is 29.4 Å². The number of halogens is 4. The molecule has 1 aliphatic rings. The minimum Gasteiger partial charge on any atom is -0.338 e. The van der Waals surface area contributed by atoms with Gasteiger partial charge in [-0.25, -0.2) is 0 Å². The van der Waals surface area contributed by atoms with Gasteiger partial charge in [0.1, 0.15) is 0 Å². The van der Waals surface area contributed by atoms with Crippen molar-refractivity contribution in [2.45, 2.75) is 25.6 Å². The average Bonchev–Trinajstić information content (AvgIpc) is 3.29. The molecule has 0 N–H and O–H groups in total. The summed E-state index contributed by atoms with van der Waals surface area (Å²) in [6, 6.07) is 8.83. The molecule has 5 nitrogen and oxygen atoms in total. The summed E-state index contributed by atoms with van der Waals surface area (Å²) in [4.78, 5) is 19.3. The summed E-state index contributed by atoms with van der Waals surface area (Å²) in [5, 5.41) is 4.04. The van der Waals surface area contributed by atoms with Gasteiger partial charge < -0.3 is 9.42 Å². The second-order valence-electron chi connectivity index (χ2n) is 6.35. The number of hydrogen-bond acceptors (Lipinski definition) is 5. The zero-order chi connectivity index (χ0) is 19.9. The van der Waals surface area contributed by atoms with Crippen LogP contribution in [0.15, 0.2) is 34.9 Å². The first-order valence-corrected chi connectivity index (χ1v) is 9.54. The summed E-state index contributed by atoms with van der Waals surface area (Å²) in [6.45, 7) is 0.960. The van der Waals surface area contributed by atoms with Gasteiger partial charge in [0.2, 0.25) is 11.7 Å². The van der Waals surface area contributed by atoms with Crippen LogP contribution >= 0.6 is 22.9 Å². The van der Waals surface area contributed by atoms with Crippen LogP contribution in [0.5, 0.6) is 0 Å². The van der Waals surface area contributed by atoms with Gasteiger partial charge >= 0.3 is 12.1 Å². The first-order valence-electron chi connectivity index (χ1n) is 8.34. The molecule has 146 valence electrons. The van der Waals surface area contributed by atoms with Crippen molar-refractivity contribution in [3.8, 4) is 10.7 Å². The predicted molar refractivity (Wildman–Crippen MR) is 96.9 cm³/mol. The SMILES string of the molecule is O=C(Cc1ccc(Cl)cc1)N1CCc2sc(-c3noc(C(F)(F)F)n3)cc2C1. The molecule has 3 aromatic rings. The fraction of sp³-hybridized carbons (Fsp3) is 0.278. The third-order valence-electron chi connectivity index (χ3n) is 4.38.